The average molecular weight is 245 g/mol. The van der Waals surface area contributed by atoms with Gasteiger partial charge in [-0.1, -0.05) is 0 Å². The molecule has 8 nitrogen and oxygen atoms in total. The van der Waals surface area contributed by atoms with Crippen LogP contribution in [0.1, 0.15) is 6.42 Å². The van der Waals surface area contributed by atoms with E-state index >= 15 is 0 Å². The number of barbiturate groups is 1. The van der Waals surface area contributed by atoms with Crippen molar-refractivity contribution >= 4 is 47.4 Å². The number of carbonyl (C=O) groups excluding carboxylic acids is 3. The molecule has 1 heterocycles. The second kappa shape index (κ2) is 20.0. The Morgan fingerprint density at radius 2 is 1.06 bits per heavy atom. The number of hydrogen-bond acceptors (Lipinski definition) is 6. The Balaban J connectivity index is -0.0000000900. The summed E-state index contributed by atoms with van der Waals surface area (Å²) in [5, 5.41) is 3.80. The standard InChI is InChI=1S/C4H4N2O3.3CH5N.Na.H/c7-2-1-3(8)6-4(9)5-2;3*1-2;;/h1H2,(H2,5,6,7,8,9);3*2H2,1H3;;. The molecule has 1 aliphatic rings. The maximum absolute atomic E-state index is 10.3. The van der Waals surface area contributed by atoms with Crippen molar-refractivity contribution in [1.29, 1.82) is 0 Å². The molecule has 1 saturated heterocycles. The second-order valence-electron chi connectivity index (χ2n) is 1.60. The van der Waals surface area contributed by atoms with Gasteiger partial charge in [-0.3, -0.25) is 20.2 Å². The van der Waals surface area contributed by atoms with Gasteiger partial charge in [-0.05, 0) is 21.1 Å². The third-order valence-electron chi connectivity index (χ3n) is 0.827. The molecule has 0 atom stereocenters. The molecule has 1 aliphatic heterocycles. The molecule has 0 bridgehead atoms. The molecule has 8 N–H and O–H groups in total. The number of carbonyl (C=O) groups is 3. The Bertz CT molecular complexity index is 155. The molecule has 0 radical (unpaired) electrons. The van der Waals surface area contributed by atoms with Gasteiger partial charge in [-0.25, -0.2) is 4.79 Å². The maximum atomic E-state index is 10.3. The molecule has 0 aromatic rings. The molecule has 92 valence electrons. The molecule has 16 heavy (non-hydrogen) atoms. The Hall–Kier alpha value is -0.510. The minimum absolute atomic E-state index is 0. The van der Waals surface area contributed by atoms with Gasteiger partial charge in [0.25, 0.3) is 0 Å². The molecular formula is C7H20N5NaO3. The summed E-state index contributed by atoms with van der Waals surface area (Å²) >= 11 is 0. The second-order valence-corrected chi connectivity index (χ2v) is 1.60. The zero-order chi connectivity index (χ0) is 12.9. The van der Waals surface area contributed by atoms with Gasteiger partial charge in [0.15, 0.2) is 0 Å². The summed E-state index contributed by atoms with van der Waals surface area (Å²) in [6.07, 6.45) is -0.258. The van der Waals surface area contributed by atoms with Crippen LogP contribution in [0.2, 0.25) is 0 Å². The number of imide groups is 2. The van der Waals surface area contributed by atoms with E-state index in [1.54, 1.807) is 0 Å². The van der Waals surface area contributed by atoms with Crippen LogP contribution in [-0.4, -0.2) is 68.5 Å². The molecule has 0 saturated carbocycles. The van der Waals surface area contributed by atoms with Crippen LogP contribution in [0, 0.1) is 0 Å². The topological polar surface area (TPSA) is 153 Å². The van der Waals surface area contributed by atoms with Crippen molar-refractivity contribution in [3.8, 4) is 0 Å². The third-order valence-corrected chi connectivity index (χ3v) is 0.827. The van der Waals surface area contributed by atoms with Gasteiger partial charge in [0.05, 0.1) is 0 Å². The predicted octanol–water partition coefficient (Wildman–Crippen LogP) is -3.18. The molecule has 9 heteroatoms. The zero-order valence-electron chi connectivity index (χ0n) is 9.16. The van der Waals surface area contributed by atoms with Crippen molar-refractivity contribution < 1.29 is 14.4 Å². The first kappa shape index (κ1) is 24.6. The number of hydrogen-bond donors (Lipinski definition) is 5. The number of nitrogens with two attached hydrogens (primary N) is 3. The van der Waals surface area contributed by atoms with Gasteiger partial charge in [-0.2, -0.15) is 0 Å². The number of urea groups is 1. The molecule has 1 rings (SSSR count). The van der Waals surface area contributed by atoms with Crippen molar-refractivity contribution in [2.75, 3.05) is 21.1 Å². The first-order chi connectivity index (χ1) is 7.18. The van der Waals surface area contributed by atoms with Crippen LogP contribution in [0.3, 0.4) is 0 Å². The summed E-state index contributed by atoms with van der Waals surface area (Å²) in [7, 11) is 4.50. The van der Waals surface area contributed by atoms with Crippen molar-refractivity contribution in [3.63, 3.8) is 0 Å². The number of rotatable bonds is 0. The number of nitrogens with one attached hydrogen (secondary N) is 2. The van der Waals surface area contributed by atoms with Crippen LogP contribution in [0.4, 0.5) is 4.79 Å². The van der Waals surface area contributed by atoms with E-state index in [-0.39, 0.29) is 36.0 Å². The van der Waals surface area contributed by atoms with Crippen LogP contribution in [-0.2, 0) is 9.59 Å². The van der Waals surface area contributed by atoms with E-state index in [0.29, 0.717) is 0 Å². The molecule has 0 spiro atoms. The first-order valence-corrected chi connectivity index (χ1v) is 4.05. The van der Waals surface area contributed by atoms with E-state index in [4.69, 9.17) is 0 Å². The van der Waals surface area contributed by atoms with Crippen LogP contribution < -0.4 is 27.8 Å². The van der Waals surface area contributed by atoms with Crippen molar-refractivity contribution in [1.82, 2.24) is 10.6 Å². The normalized spacial score (nSPS) is 11.8. The fourth-order valence-corrected chi connectivity index (χ4v) is 0.519. The van der Waals surface area contributed by atoms with E-state index in [1.165, 1.54) is 21.1 Å². The Kier molecular flexibility index (Phi) is 30.8. The Morgan fingerprint density at radius 3 is 1.25 bits per heavy atom. The minimum atomic E-state index is -0.740. The zero-order valence-corrected chi connectivity index (χ0v) is 9.16. The number of amides is 4. The quantitative estimate of drug-likeness (QED) is 0.224. The van der Waals surface area contributed by atoms with E-state index in [9.17, 15) is 14.4 Å². The van der Waals surface area contributed by atoms with Crippen LogP contribution in [0.15, 0.2) is 0 Å². The molecule has 1 fully saturated rings. The molecular weight excluding hydrogens is 225 g/mol. The SMILES string of the molecule is CN.CN.CN.O=C1CC(=O)NC(=O)N1.[NaH]. The summed E-state index contributed by atoms with van der Waals surface area (Å²) in [5.41, 5.74) is 13.5. The molecule has 0 aromatic carbocycles. The third kappa shape index (κ3) is 15.9. The van der Waals surface area contributed by atoms with E-state index in [1.807, 2.05) is 10.6 Å². The van der Waals surface area contributed by atoms with Crippen LogP contribution >= 0.6 is 0 Å². The molecule has 4 amide bonds. The van der Waals surface area contributed by atoms with E-state index < -0.39 is 17.8 Å². The average Bonchev–Trinajstić information content (AvgIpc) is 2.24. The molecule has 0 unspecified atom stereocenters. The van der Waals surface area contributed by atoms with Gasteiger partial charge in [0.2, 0.25) is 11.8 Å². The van der Waals surface area contributed by atoms with E-state index in [0.717, 1.165) is 0 Å². The molecule has 0 aliphatic carbocycles. The van der Waals surface area contributed by atoms with Gasteiger partial charge in [0, 0.05) is 0 Å². The van der Waals surface area contributed by atoms with Crippen molar-refractivity contribution in [3.05, 3.63) is 0 Å². The van der Waals surface area contributed by atoms with Crippen LogP contribution in [0.25, 0.3) is 0 Å². The summed E-state index contributed by atoms with van der Waals surface area (Å²) in [5.74, 6) is -1.10. The summed E-state index contributed by atoms with van der Waals surface area (Å²) < 4.78 is 0. The van der Waals surface area contributed by atoms with Gasteiger partial charge in [0.1, 0.15) is 6.42 Å². The fourth-order valence-electron chi connectivity index (χ4n) is 0.519. The van der Waals surface area contributed by atoms with Crippen LogP contribution in [0.5, 0.6) is 0 Å². The monoisotopic (exact) mass is 245 g/mol. The Morgan fingerprint density at radius 1 is 0.812 bits per heavy atom. The van der Waals surface area contributed by atoms with E-state index in [2.05, 4.69) is 17.2 Å². The first-order valence-electron chi connectivity index (χ1n) is 4.05. The summed E-state index contributed by atoms with van der Waals surface area (Å²) in [6.45, 7) is 0. The van der Waals surface area contributed by atoms with Gasteiger partial charge in [-0.15, -0.1) is 0 Å². The van der Waals surface area contributed by atoms with Crippen molar-refractivity contribution in [2.45, 2.75) is 6.42 Å². The summed E-state index contributed by atoms with van der Waals surface area (Å²) in [4.78, 5) is 30.8. The van der Waals surface area contributed by atoms with Gasteiger partial charge < -0.3 is 17.2 Å². The van der Waals surface area contributed by atoms with Crippen molar-refractivity contribution in [2.24, 2.45) is 17.2 Å². The molecule has 0 aromatic heterocycles. The Labute approximate surface area is 117 Å². The fraction of sp³-hybridized carbons (Fsp3) is 0.571. The van der Waals surface area contributed by atoms with Gasteiger partial charge >= 0.3 is 35.6 Å². The predicted molar refractivity (Wildman–Crippen MR) is 63.8 cm³/mol. The summed E-state index contributed by atoms with van der Waals surface area (Å²) in [6, 6.07) is -0.740.